The Morgan fingerprint density at radius 2 is 1.81 bits per heavy atom. The van der Waals surface area contributed by atoms with Gasteiger partial charge in [-0.05, 0) is 55.6 Å². The minimum atomic E-state index is 0.283. The Bertz CT molecular complexity index is 731. The standard InChI is InChI=1S/C21H25NO4/c1-2-23-17-5-3-15(4-6-17)19-9-10-22-12-16(19)13-24-18-7-8-20-21(11-18)26-14-25-20/h3-8,11,16,19,22H,2,9-10,12-14H2,1H3/t16-,19-/m0/s1. The topological polar surface area (TPSA) is 49.0 Å². The smallest absolute Gasteiger partial charge is 0.231 e. The Hall–Kier alpha value is -2.40. The molecular weight excluding hydrogens is 330 g/mol. The third kappa shape index (κ3) is 3.73. The van der Waals surface area contributed by atoms with Gasteiger partial charge in [-0.2, -0.15) is 0 Å². The van der Waals surface area contributed by atoms with E-state index < -0.39 is 0 Å². The molecule has 2 atom stereocenters. The summed E-state index contributed by atoms with van der Waals surface area (Å²) in [6.45, 7) is 5.65. The van der Waals surface area contributed by atoms with E-state index in [0.29, 0.717) is 25.0 Å². The number of piperidine rings is 1. The predicted octanol–water partition coefficient (Wildman–Crippen LogP) is 3.59. The van der Waals surface area contributed by atoms with E-state index in [-0.39, 0.29) is 6.79 Å². The number of ether oxygens (including phenoxy) is 4. The normalized spacial score (nSPS) is 21.4. The molecule has 0 amide bonds. The summed E-state index contributed by atoms with van der Waals surface area (Å²) in [6, 6.07) is 14.3. The molecule has 0 unspecified atom stereocenters. The summed E-state index contributed by atoms with van der Waals surface area (Å²) in [6.07, 6.45) is 1.11. The summed E-state index contributed by atoms with van der Waals surface area (Å²) in [7, 11) is 0. The van der Waals surface area contributed by atoms with Crippen molar-refractivity contribution in [2.24, 2.45) is 5.92 Å². The second-order valence-corrected chi connectivity index (χ2v) is 6.69. The van der Waals surface area contributed by atoms with E-state index in [1.54, 1.807) is 0 Å². The zero-order valence-electron chi connectivity index (χ0n) is 15.1. The van der Waals surface area contributed by atoms with Gasteiger partial charge in [-0.15, -0.1) is 0 Å². The first-order valence-electron chi connectivity index (χ1n) is 9.29. The van der Waals surface area contributed by atoms with Gasteiger partial charge in [0.25, 0.3) is 0 Å². The molecule has 2 heterocycles. The van der Waals surface area contributed by atoms with Crippen LogP contribution in [0.25, 0.3) is 0 Å². The Morgan fingerprint density at radius 1 is 1.00 bits per heavy atom. The molecular formula is C21H25NO4. The van der Waals surface area contributed by atoms with Crippen molar-refractivity contribution in [1.82, 2.24) is 5.32 Å². The van der Waals surface area contributed by atoms with Crippen LogP contribution < -0.4 is 24.3 Å². The third-order valence-corrected chi connectivity index (χ3v) is 5.04. The molecule has 0 spiro atoms. The lowest BCUT2D eigenvalue weighted by atomic mass is 9.81. The van der Waals surface area contributed by atoms with Crippen LogP contribution in [0.15, 0.2) is 42.5 Å². The maximum Gasteiger partial charge on any atom is 0.231 e. The Morgan fingerprint density at radius 3 is 2.65 bits per heavy atom. The van der Waals surface area contributed by atoms with E-state index in [4.69, 9.17) is 18.9 Å². The van der Waals surface area contributed by atoms with Crippen molar-refractivity contribution >= 4 is 0 Å². The highest BCUT2D eigenvalue weighted by atomic mass is 16.7. The van der Waals surface area contributed by atoms with Crippen molar-refractivity contribution in [1.29, 1.82) is 0 Å². The molecule has 2 aliphatic heterocycles. The van der Waals surface area contributed by atoms with E-state index in [0.717, 1.165) is 42.5 Å². The van der Waals surface area contributed by atoms with Gasteiger partial charge in [0.05, 0.1) is 13.2 Å². The van der Waals surface area contributed by atoms with Crippen molar-refractivity contribution < 1.29 is 18.9 Å². The molecule has 1 saturated heterocycles. The minimum absolute atomic E-state index is 0.283. The van der Waals surface area contributed by atoms with Crippen LogP contribution >= 0.6 is 0 Å². The van der Waals surface area contributed by atoms with Crippen LogP contribution in [0.5, 0.6) is 23.0 Å². The fourth-order valence-corrected chi connectivity index (χ4v) is 3.68. The molecule has 2 aromatic carbocycles. The number of rotatable bonds is 6. The Labute approximate surface area is 154 Å². The lowest BCUT2D eigenvalue weighted by Gasteiger charge is -2.32. The Balaban J connectivity index is 1.42. The maximum atomic E-state index is 6.08. The molecule has 2 aromatic rings. The largest absolute Gasteiger partial charge is 0.494 e. The second kappa shape index (κ2) is 7.87. The van der Waals surface area contributed by atoms with Gasteiger partial charge < -0.3 is 24.3 Å². The molecule has 5 nitrogen and oxygen atoms in total. The van der Waals surface area contributed by atoms with E-state index in [1.807, 2.05) is 25.1 Å². The van der Waals surface area contributed by atoms with Crippen molar-refractivity contribution in [2.75, 3.05) is 33.1 Å². The summed E-state index contributed by atoms with van der Waals surface area (Å²) in [4.78, 5) is 0. The molecule has 138 valence electrons. The fourth-order valence-electron chi connectivity index (χ4n) is 3.68. The van der Waals surface area contributed by atoms with Crippen LogP contribution in [0, 0.1) is 5.92 Å². The molecule has 0 bridgehead atoms. The molecule has 1 fully saturated rings. The van der Waals surface area contributed by atoms with E-state index >= 15 is 0 Å². The van der Waals surface area contributed by atoms with Crippen LogP contribution in [-0.2, 0) is 0 Å². The number of hydrogen-bond acceptors (Lipinski definition) is 5. The second-order valence-electron chi connectivity index (χ2n) is 6.69. The van der Waals surface area contributed by atoms with Gasteiger partial charge in [0.15, 0.2) is 11.5 Å². The number of fused-ring (bicyclic) bond motifs is 1. The van der Waals surface area contributed by atoms with Crippen molar-refractivity contribution in [2.45, 2.75) is 19.3 Å². The summed E-state index contributed by atoms with van der Waals surface area (Å²) < 4.78 is 22.4. The van der Waals surface area contributed by atoms with E-state index in [2.05, 4.69) is 29.6 Å². The lowest BCUT2D eigenvalue weighted by molar-refractivity contribution is 0.173. The summed E-state index contributed by atoms with van der Waals surface area (Å²) in [5, 5.41) is 3.49. The van der Waals surface area contributed by atoms with Crippen LogP contribution in [0.3, 0.4) is 0 Å². The van der Waals surface area contributed by atoms with Crippen molar-refractivity contribution in [3.05, 3.63) is 48.0 Å². The average molecular weight is 355 g/mol. The maximum absolute atomic E-state index is 6.08. The van der Waals surface area contributed by atoms with Gasteiger partial charge in [-0.3, -0.25) is 0 Å². The quantitative estimate of drug-likeness (QED) is 0.858. The highest BCUT2D eigenvalue weighted by Gasteiger charge is 2.27. The van der Waals surface area contributed by atoms with Gasteiger partial charge in [0.1, 0.15) is 11.5 Å². The number of nitrogens with one attached hydrogen (secondary N) is 1. The van der Waals surface area contributed by atoms with Gasteiger partial charge in [0, 0.05) is 18.5 Å². The third-order valence-electron chi connectivity index (χ3n) is 5.04. The van der Waals surface area contributed by atoms with Crippen LogP contribution in [0.4, 0.5) is 0 Å². The lowest BCUT2D eigenvalue weighted by Crippen LogP contribution is -2.38. The van der Waals surface area contributed by atoms with E-state index in [1.165, 1.54) is 5.56 Å². The predicted molar refractivity (Wildman–Crippen MR) is 99.4 cm³/mol. The molecule has 5 heteroatoms. The SMILES string of the molecule is CCOc1ccc([C@@H]2CCNC[C@H]2COc2ccc3c(c2)OCO3)cc1. The number of benzene rings is 2. The van der Waals surface area contributed by atoms with Gasteiger partial charge in [-0.25, -0.2) is 0 Å². The zero-order valence-corrected chi connectivity index (χ0v) is 15.1. The molecule has 26 heavy (non-hydrogen) atoms. The number of hydrogen-bond donors (Lipinski definition) is 1. The molecule has 2 aliphatic rings. The molecule has 4 rings (SSSR count). The highest BCUT2D eigenvalue weighted by molar-refractivity contribution is 5.46. The summed E-state index contributed by atoms with van der Waals surface area (Å²) >= 11 is 0. The molecule has 0 aromatic heterocycles. The average Bonchev–Trinajstić information content (AvgIpc) is 3.15. The molecule has 0 aliphatic carbocycles. The first-order valence-corrected chi connectivity index (χ1v) is 9.29. The van der Waals surface area contributed by atoms with Crippen LogP contribution in [-0.4, -0.2) is 33.1 Å². The van der Waals surface area contributed by atoms with Crippen LogP contribution in [0.2, 0.25) is 0 Å². The van der Waals surface area contributed by atoms with E-state index in [9.17, 15) is 0 Å². The first-order chi connectivity index (χ1) is 12.8. The summed E-state index contributed by atoms with van der Waals surface area (Å²) in [5.41, 5.74) is 1.36. The van der Waals surface area contributed by atoms with Crippen LogP contribution in [0.1, 0.15) is 24.8 Å². The zero-order chi connectivity index (χ0) is 17.8. The van der Waals surface area contributed by atoms with Gasteiger partial charge >= 0.3 is 0 Å². The summed E-state index contributed by atoms with van der Waals surface area (Å²) in [5.74, 6) is 4.20. The minimum Gasteiger partial charge on any atom is -0.494 e. The monoisotopic (exact) mass is 355 g/mol. The molecule has 1 N–H and O–H groups in total. The molecule has 0 saturated carbocycles. The van der Waals surface area contributed by atoms with Gasteiger partial charge in [-0.1, -0.05) is 12.1 Å². The first kappa shape index (κ1) is 17.0. The van der Waals surface area contributed by atoms with Crippen molar-refractivity contribution in [3.63, 3.8) is 0 Å². The van der Waals surface area contributed by atoms with Crippen molar-refractivity contribution in [3.8, 4) is 23.0 Å². The molecule has 0 radical (unpaired) electrons. The highest BCUT2D eigenvalue weighted by Crippen LogP contribution is 2.36. The Kier molecular flexibility index (Phi) is 5.16. The fraction of sp³-hybridized carbons (Fsp3) is 0.429. The van der Waals surface area contributed by atoms with Gasteiger partial charge in [0.2, 0.25) is 6.79 Å².